The lowest BCUT2D eigenvalue weighted by atomic mass is 10.1. The van der Waals surface area contributed by atoms with Crippen molar-refractivity contribution in [1.82, 2.24) is 0 Å². The van der Waals surface area contributed by atoms with Gasteiger partial charge in [-0.25, -0.2) is 8.42 Å². The van der Waals surface area contributed by atoms with Crippen LogP contribution < -0.4 is 9.21 Å². The molecule has 2 heterocycles. The second-order valence-electron chi connectivity index (χ2n) is 8.51. The maximum Gasteiger partial charge on any atom is 0.264 e. The van der Waals surface area contributed by atoms with Crippen LogP contribution in [0.4, 0.5) is 11.4 Å². The molecule has 0 fully saturated rings. The predicted octanol–water partition coefficient (Wildman–Crippen LogP) is 5.18. The second-order valence-corrected chi connectivity index (χ2v) is 11.2. The highest BCUT2D eigenvalue weighted by Crippen LogP contribution is 2.39. The number of carbonyl (C=O) groups excluding carboxylic acids is 1. The Bertz CT molecular complexity index is 1320. The molecule has 0 spiro atoms. The van der Waals surface area contributed by atoms with Crippen molar-refractivity contribution in [3.05, 3.63) is 87.9 Å². The molecule has 5 nitrogen and oxygen atoms in total. The van der Waals surface area contributed by atoms with Crippen LogP contribution in [0.5, 0.6) is 0 Å². The summed E-state index contributed by atoms with van der Waals surface area (Å²) < 4.78 is 29.1. The molecule has 1 amide bonds. The number of nitrogens with zero attached hydrogens (tertiary/aromatic N) is 2. The summed E-state index contributed by atoms with van der Waals surface area (Å²) in [5.74, 6) is -0.0570. The highest BCUT2D eigenvalue weighted by Gasteiger charge is 2.37. The van der Waals surface area contributed by atoms with Crippen molar-refractivity contribution in [2.45, 2.75) is 43.7 Å². The standard InChI is InChI=1S/C25H23BrN2O3S/c1-16-12-20-15-21(26)9-11-23(20)27(16)25(29)18-8-10-24-19(14-18)13-17(2)28(24)32(30,31)22-6-4-3-5-7-22/h3-11,14-17H,12-13H2,1-2H3/t16-,17-/m1/s1. The van der Waals surface area contributed by atoms with Crippen molar-refractivity contribution in [2.75, 3.05) is 9.21 Å². The maximum atomic E-state index is 13.5. The van der Waals surface area contributed by atoms with Gasteiger partial charge < -0.3 is 4.90 Å². The first kappa shape index (κ1) is 21.2. The molecule has 32 heavy (non-hydrogen) atoms. The predicted molar refractivity (Wildman–Crippen MR) is 130 cm³/mol. The molecular weight excluding hydrogens is 488 g/mol. The first-order valence-corrected chi connectivity index (χ1v) is 12.8. The lowest BCUT2D eigenvalue weighted by molar-refractivity contribution is 0.0981. The molecule has 5 rings (SSSR count). The summed E-state index contributed by atoms with van der Waals surface area (Å²) in [6.07, 6.45) is 1.38. The monoisotopic (exact) mass is 510 g/mol. The third-order valence-electron chi connectivity index (χ3n) is 6.26. The lowest BCUT2D eigenvalue weighted by Crippen LogP contribution is -2.36. The Balaban J connectivity index is 1.50. The van der Waals surface area contributed by atoms with Crippen LogP contribution in [0.15, 0.2) is 76.1 Å². The van der Waals surface area contributed by atoms with Crippen LogP contribution in [0.3, 0.4) is 0 Å². The van der Waals surface area contributed by atoms with E-state index in [4.69, 9.17) is 0 Å². The van der Waals surface area contributed by atoms with Crippen molar-refractivity contribution >= 4 is 43.2 Å². The molecule has 2 aliphatic rings. The zero-order valence-corrected chi connectivity index (χ0v) is 20.2. The highest BCUT2D eigenvalue weighted by molar-refractivity contribution is 9.10. The van der Waals surface area contributed by atoms with Gasteiger partial charge >= 0.3 is 0 Å². The molecule has 2 aliphatic heterocycles. The Hall–Kier alpha value is -2.64. The lowest BCUT2D eigenvalue weighted by Gasteiger charge is -2.25. The molecule has 0 aliphatic carbocycles. The van der Waals surface area contributed by atoms with Gasteiger partial charge in [-0.3, -0.25) is 9.10 Å². The first-order chi connectivity index (χ1) is 15.3. The summed E-state index contributed by atoms with van der Waals surface area (Å²) in [5, 5.41) is 0. The van der Waals surface area contributed by atoms with E-state index in [1.54, 1.807) is 42.5 Å². The van der Waals surface area contributed by atoms with E-state index in [0.717, 1.165) is 27.7 Å². The fourth-order valence-electron chi connectivity index (χ4n) is 4.86. The molecule has 0 unspecified atom stereocenters. The number of rotatable bonds is 3. The van der Waals surface area contributed by atoms with Crippen molar-refractivity contribution < 1.29 is 13.2 Å². The summed E-state index contributed by atoms with van der Waals surface area (Å²) >= 11 is 3.51. The normalized spacial score (nSPS) is 19.7. The van der Waals surface area contributed by atoms with Crippen molar-refractivity contribution in [3.8, 4) is 0 Å². The number of hydrogen-bond acceptors (Lipinski definition) is 3. The fraction of sp³-hybridized carbons (Fsp3) is 0.240. The Labute approximate surface area is 196 Å². The van der Waals surface area contributed by atoms with Gasteiger partial charge in [-0.05, 0) is 86.3 Å². The average molecular weight is 511 g/mol. The Morgan fingerprint density at radius 2 is 1.53 bits per heavy atom. The Kier molecular flexibility index (Phi) is 5.13. The molecular formula is C25H23BrN2O3S. The van der Waals surface area contributed by atoms with E-state index < -0.39 is 10.0 Å². The smallest absolute Gasteiger partial charge is 0.264 e. The largest absolute Gasteiger partial charge is 0.305 e. The quantitative estimate of drug-likeness (QED) is 0.487. The zero-order valence-electron chi connectivity index (χ0n) is 17.8. The average Bonchev–Trinajstić information content (AvgIpc) is 3.28. The maximum absolute atomic E-state index is 13.5. The van der Waals surface area contributed by atoms with Gasteiger partial charge in [0.25, 0.3) is 15.9 Å². The molecule has 2 atom stereocenters. The van der Waals surface area contributed by atoms with E-state index in [0.29, 0.717) is 17.7 Å². The van der Waals surface area contributed by atoms with E-state index in [1.807, 2.05) is 30.0 Å². The highest BCUT2D eigenvalue weighted by atomic mass is 79.9. The van der Waals surface area contributed by atoms with Gasteiger partial charge in [0.1, 0.15) is 0 Å². The van der Waals surface area contributed by atoms with Gasteiger partial charge in [0.15, 0.2) is 0 Å². The topological polar surface area (TPSA) is 57.7 Å². The number of hydrogen-bond donors (Lipinski definition) is 0. The molecule has 7 heteroatoms. The molecule has 0 N–H and O–H groups in total. The van der Waals surface area contributed by atoms with Gasteiger partial charge in [0.2, 0.25) is 0 Å². The molecule has 0 saturated carbocycles. The van der Waals surface area contributed by atoms with E-state index in [1.165, 1.54) is 4.31 Å². The number of sulfonamides is 1. The van der Waals surface area contributed by atoms with E-state index in [9.17, 15) is 13.2 Å². The summed E-state index contributed by atoms with van der Waals surface area (Å²) in [5.41, 5.74) is 4.20. The first-order valence-electron chi connectivity index (χ1n) is 10.6. The number of carbonyl (C=O) groups is 1. The number of halogens is 1. The molecule has 0 radical (unpaired) electrons. The Morgan fingerprint density at radius 3 is 2.28 bits per heavy atom. The van der Waals surface area contributed by atoms with Crippen molar-refractivity contribution in [1.29, 1.82) is 0 Å². The molecule has 0 bridgehead atoms. The third kappa shape index (κ3) is 3.35. The second kappa shape index (κ2) is 7.74. The number of amides is 1. The number of benzene rings is 3. The van der Waals surface area contributed by atoms with Crippen LogP contribution in [0.2, 0.25) is 0 Å². The molecule has 0 saturated heterocycles. The SMILES string of the molecule is C[C@@H]1Cc2cc(Br)ccc2N1C(=O)c1ccc2c(c1)C[C@@H](C)N2S(=O)(=O)c1ccccc1. The van der Waals surface area contributed by atoms with E-state index in [-0.39, 0.29) is 22.9 Å². The van der Waals surface area contributed by atoms with Gasteiger partial charge in [-0.15, -0.1) is 0 Å². The van der Waals surface area contributed by atoms with Crippen LogP contribution >= 0.6 is 15.9 Å². The van der Waals surface area contributed by atoms with Gasteiger partial charge in [-0.1, -0.05) is 34.1 Å². The third-order valence-corrected chi connectivity index (χ3v) is 8.69. The summed E-state index contributed by atoms with van der Waals surface area (Å²) in [4.78, 5) is 15.6. The van der Waals surface area contributed by atoms with Crippen LogP contribution in [0.25, 0.3) is 0 Å². The molecule has 0 aromatic heterocycles. The minimum absolute atomic E-state index is 0.0570. The van der Waals surface area contributed by atoms with Crippen LogP contribution in [0, 0.1) is 0 Å². The van der Waals surface area contributed by atoms with Crippen LogP contribution in [0.1, 0.15) is 35.3 Å². The zero-order chi connectivity index (χ0) is 22.6. The summed E-state index contributed by atoms with van der Waals surface area (Å²) in [6, 6.07) is 19.7. The summed E-state index contributed by atoms with van der Waals surface area (Å²) in [7, 11) is -3.67. The van der Waals surface area contributed by atoms with Crippen molar-refractivity contribution in [3.63, 3.8) is 0 Å². The molecule has 3 aromatic carbocycles. The van der Waals surface area contributed by atoms with E-state index >= 15 is 0 Å². The van der Waals surface area contributed by atoms with Crippen LogP contribution in [-0.2, 0) is 22.9 Å². The molecule has 3 aromatic rings. The number of anilines is 2. The number of fused-ring (bicyclic) bond motifs is 2. The minimum Gasteiger partial charge on any atom is -0.305 e. The minimum atomic E-state index is -3.67. The fourth-order valence-corrected chi connectivity index (χ4v) is 6.98. The summed E-state index contributed by atoms with van der Waals surface area (Å²) in [6.45, 7) is 3.95. The van der Waals surface area contributed by atoms with Crippen molar-refractivity contribution in [2.24, 2.45) is 0 Å². The van der Waals surface area contributed by atoms with Gasteiger partial charge in [-0.2, -0.15) is 0 Å². The van der Waals surface area contributed by atoms with Gasteiger partial charge in [0, 0.05) is 27.8 Å². The molecule has 164 valence electrons. The van der Waals surface area contributed by atoms with Gasteiger partial charge in [0.05, 0.1) is 10.6 Å². The Morgan fingerprint density at radius 1 is 0.875 bits per heavy atom. The van der Waals surface area contributed by atoms with E-state index in [2.05, 4.69) is 28.9 Å². The van der Waals surface area contributed by atoms with Crippen LogP contribution in [-0.4, -0.2) is 26.4 Å².